The van der Waals surface area contributed by atoms with Crippen LogP contribution in [0.1, 0.15) is 48.1 Å². The second kappa shape index (κ2) is 10.7. The number of nitrogens with zero attached hydrogens (tertiary/aromatic N) is 5. The molecule has 0 bridgehead atoms. The summed E-state index contributed by atoms with van der Waals surface area (Å²) in [6.07, 6.45) is 0.879. The standard InChI is InChI=1S/C23H31N5O2S.ClH/c1-16(2)28-18(4)15-19(25-28)22(29)27(10-6-9-26-11-13-30-14-12-26)23-24-21-17(3)7-5-8-20(21)31-23;/h5,7-8,15-16H,6,9-14H2,1-4H3;1H. The van der Waals surface area contributed by atoms with Gasteiger partial charge in [0.1, 0.15) is 0 Å². The molecule has 4 rings (SSSR count). The molecule has 1 fully saturated rings. The van der Waals surface area contributed by atoms with E-state index in [-0.39, 0.29) is 24.4 Å². The summed E-state index contributed by atoms with van der Waals surface area (Å²) < 4.78 is 8.45. The molecule has 1 aliphatic rings. The number of hydrogen-bond acceptors (Lipinski definition) is 6. The van der Waals surface area contributed by atoms with E-state index in [1.54, 1.807) is 11.3 Å². The maximum atomic E-state index is 13.6. The van der Waals surface area contributed by atoms with E-state index < -0.39 is 0 Å². The van der Waals surface area contributed by atoms with Crippen molar-refractivity contribution in [1.29, 1.82) is 0 Å². The van der Waals surface area contributed by atoms with Crippen LogP contribution in [0.5, 0.6) is 0 Å². The second-order valence-electron chi connectivity index (χ2n) is 8.39. The molecule has 0 saturated carbocycles. The Bertz CT molecular complexity index is 1060. The Morgan fingerprint density at radius 3 is 2.66 bits per heavy atom. The largest absolute Gasteiger partial charge is 0.379 e. The van der Waals surface area contributed by atoms with E-state index in [0.29, 0.717) is 12.2 Å². The van der Waals surface area contributed by atoms with Gasteiger partial charge >= 0.3 is 0 Å². The molecule has 3 heterocycles. The molecule has 174 valence electrons. The summed E-state index contributed by atoms with van der Waals surface area (Å²) in [4.78, 5) is 22.6. The fourth-order valence-corrected chi connectivity index (χ4v) is 5.07. The van der Waals surface area contributed by atoms with Gasteiger partial charge in [-0.05, 0) is 51.8 Å². The molecular weight excluding hydrogens is 446 g/mol. The highest BCUT2D eigenvalue weighted by molar-refractivity contribution is 7.22. The van der Waals surface area contributed by atoms with Crippen molar-refractivity contribution in [1.82, 2.24) is 19.7 Å². The molecule has 0 atom stereocenters. The number of amides is 1. The number of aryl methyl sites for hydroxylation is 2. The summed E-state index contributed by atoms with van der Waals surface area (Å²) in [6.45, 7) is 13.2. The lowest BCUT2D eigenvalue weighted by Gasteiger charge is -2.27. The van der Waals surface area contributed by atoms with Gasteiger partial charge in [0.2, 0.25) is 0 Å². The number of para-hydroxylation sites is 1. The van der Waals surface area contributed by atoms with Crippen LogP contribution in [-0.2, 0) is 4.74 Å². The number of morpholine rings is 1. The summed E-state index contributed by atoms with van der Waals surface area (Å²) in [5, 5.41) is 5.34. The molecular formula is C23H32ClN5O2S. The first-order valence-electron chi connectivity index (χ1n) is 11.0. The first kappa shape index (κ1) is 24.6. The number of benzene rings is 1. The predicted molar refractivity (Wildman–Crippen MR) is 133 cm³/mol. The molecule has 32 heavy (non-hydrogen) atoms. The summed E-state index contributed by atoms with van der Waals surface area (Å²) >= 11 is 1.57. The summed E-state index contributed by atoms with van der Waals surface area (Å²) in [7, 11) is 0. The number of carbonyl (C=O) groups excluding carboxylic acids is 1. The van der Waals surface area contributed by atoms with Gasteiger partial charge in [-0.25, -0.2) is 4.98 Å². The van der Waals surface area contributed by atoms with Crippen LogP contribution in [0.25, 0.3) is 10.2 Å². The first-order chi connectivity index (χ1) is 14.9. The Labute approximate surface area is 199 Å². The SMILES string of the molecule is Cc1cccc2sc(N(CCCN3CCOCC3)C(=O)c3cc(C)n(C(C)C)n3)nc12.Cl. The molecule has 0 aliphatic carbocycles. The van der Waals surface area contributed by atoms with Crippen molar-refractivity contribution in [2.75, 3.05) is 44.3 Å². The molecule has 7 nitrogen and oxygen atoms in total. The van der Waals surface area contributed by atoms with Gasteiger partial charge < -0.3 is 4.74 Å². The number of anilines is 1. The van der Waals surface area contributed by atoms with Crippen molar-refractivity contribution in [3.8, 4) is 0 Å². The predicted octanol–water partition coefficient (Wildman–Crippen LogP) is 4.48. The highest BCUT2D eigenvalue weighted by Gasteiger charge is 2.25. The Balaban J connectivity index is 0.00000289. The van der Waals surface area contributed by atoms with Crippen LogP contribution in [0, 0.1) is 13.8 Å². The third kappa shape index (κ3) is 5.31. The van der Waals surface area contributed by atoms with Crippen LogP contribution in [0.4, 0.5) is 5.13 Å². The Kier molecular flexibility index (Phi) is 8.27. The van der Waals surface area contributed by atoms with E-state index in [1.807, 2.05) is 28.6 Å². The van der Waals surface area contributed by atoms with E-state index in [2.05, 4.69) is 42.9 Å². The van der Waals surface area contributed by atoms with Gasteiger partial charge in [-0.3, -0.25) is 19.3 Å². The fraction of sp³-hybridized carbons (Fsp3) is 0.522. The zero-order valence-corrected chi connectivity index (χ0v) is 20.8. The van der Waals surface area contributed by atoms with Crippen molar-refractivity contribution < 1.29 is 9.53 Å². The van der Waals surface area contributed by atoms with Crippen molar-refractivity contribution in [3.63, 3.8) is 0 Å². The zero-order valence-electron chi connectivity index (χ0n) is 19.2. The highest BCUT2D eigenvalue weighted by Crippen LogP contribution is 2.31. The van der Waals surface area contributed by atoms with Crippen molar-refractivity contribution >= 4 is 45.0 Å². The van der Waals surface area contributed by atoms with Gasteiger partial charge in [-0.15, -0.1) is 12.4 Å². The van der Waals surface area contributed by atoms with Crippen LogP contribution in [0.2, 0.25) is 0 Å². The van der Waals surface area contributed by atoms with Crippen molar-refractivity contribution in [2.24, 2.45) is 0 Å². The van der Waals surface area contributed by atoms with Gasteiger partial charge in [-0.2, -0.15) is 5.10 Å². The lowest BCUT2D eigenvalue weighted by molar-refractivity contribution is 0.0376. The third-order valence-electron chi connectivity index (χ3n) is 5.68. The molecule has 1 aromatic carbocycles. The van der Waals surface area contributed by atoms with Gasteiger partial charge in [-0.1, -0.05) is 23.5 Å². The topological polar surface area (TPSA) is 63.5 Å². The molecule has 3 aromatic rings. The zero-order chi connectivity index (χ0) is 22.0. The van der Waals surface area contributed by atoms with E-state index in [4.69, 9.17) is 9.72 Å². The van der Waals surface area contributed by atoms with Crippen LogP contribution in [0.3, 0.4) is 0 Å². The Hall–Kier alpha value is -2.00. The molecule has 0 spiro atoms. The number of carbonyl (C=O) groups is 1. The molecule has 1 saturated heterocycles. The maximum absolute atomic E-state index is 13.6. The van der Waals surface area contributed by atoms with Gasteiger partial charge in [0.25, 0.3) is 5.91 Å². The summed E-state index contributed by atoms with van der Waals surface area (Å²) in [6, 6.07) is 8.26. The van der Waals surface area contributed by atoms with E-state index >= 15 is 0 Å². The molecule has 9 heteroatoms. The normalized spacial score (nSPS) is 14.7. The lowest BCUT2D eigenvalue weighted by atomic mass is 10.2. The fourth-order valence-electron chi connectivity index (χ4n) is 4.00. The molecule has 2 aromatic heterocycles. The number of thiazole rings is 1. The minimum atomic E-state index is -0.0822. The Morgan fingerprint density at radius 2 is 2.00 bits per heavy atom. The quantitative estimate of drug-likeness (QED) is 0.502. The molecule has 1 amide bonds. The van der Waals surface area contributed by atoms with Crippen LogP contribution >= 0.6 is 23.7 Å². The van der Waals surface area contributed by atoms with Gasteiger partial charge in [0.05, 0.1) is 23.4 Å². The van der Waals surface area contributed by atoms with Crippen molar-refractivity contribution in [3.05, 3.63) is 41.2 Å². The number of rotatable bonds is 7. The molecule has 0 radical (unpaired) electrons. The molecule has 0 unspecified atom stereocenters. The van der Waals surface area contributed by atoms with E-state index in [1.165, 1.54) is 0 Å². The molecule has 0 N–H and O–H groups in total. The lowest BCUT2D eigenvalue weighted by Crippen LogP contribution is -2.39. The van der Waals surface area contributed by atoms with Gasteiger partial charge in [0.15, 0.2) is 10.8 Å². The number of hydrogen-bond donors (Lipinski definition) is 0. The van der Waals surface area contributed by atoms with Gasteiger partial charge in [0, 0.05) is 37.9 Å². The average Bonchev–Trinajstić information content (AvgIpc) is 3.36. The first-order valence-corrected chi connectivity index (χ1v) is 11.8. The number of fused-ring (bicyclic) bond motifs is 1. The van der Waals surface area contributed by atoms with E-state index in [9.17, 15) is 4.79 Å². The number of ether oxygens (including phenoxy) is 1. The van der Waals surface area contributed by atoms with Crippen LogP contribution < -0.4 is 4.90 Å². The highest BCUT2D eigenvalue weighted by atomic mass is 35.5. The summed E-state index contributed by atoms with van der Waals surface area (Å²) in [5.74, 6) is -0.0822. The minimum Gasteiger partial charge on any atom is -0.379 e. The summed E-state index contributed by atoms with van der Waals surface area (Å²) in [5.41, 5.74) is 3.57. The number of aromatic nitrogens is 3. The monoisotopic (exact) mass is 477 g/mol. The smallest absolute Gasteiger partial charge is 0.280 e. The van der Waals surface area contributed by atoms with E-state index in [0.717, 1.165) is 65.9 Å². The van der Waals surface area contributed by atoms with Crippen molar-refractivity contribution in [2.45, 2.75) is 40.2 Å². The maximum Gasteiger partial charge on any atom is 0.280 e. The third-order valence-corrected chi connectivity index (χ3v) is 6.72. The van der Waals surface area contributed by atoms with Crippen LogP contribution in [0.15, 0.2) is 24.3 Å². The number of halogens is 1. The molecule has 1 aliphatic heterocycles. The minimum absolute atomic E-state index is 0. The average molecular weight is 478 g/mol. The van der Waals surface area contributed by atoms with Crippen LogP contribution in [-0.4, -0.2) is 65.0 Å². The second-order valence-corrected chi connectivity index (χ2v) is 9.40. The Morgan fingerprint density at radius 1 is 1.25 bits per heavy atom.